The third-order valence-electron chi connectivity index (χ3n) is 1.82. The van der Waals surface area contributed by atoms with Gasteiger partial charge >= 0.3 is 0 Å². The van der Waals surface area contributed by atoms with Gasteiger partial charge < -0.3 is 14.5 Å². The molecule has 4 nitrogen and oxygen atoms in total. The number of carbonyl (C=O) groups excluding carboxylic acids is 1. The molecular weight excluding hydrogens is 210 g/mol. The number of amides is 1. The van der Waals surface area contributed by atoms with E-state index in [1.165, 1.54) is 0 Å². The second-order valence-electron chi connectivity index (χ2n) is 3.35. The second kappa shape index (κ2) is 9.89. The van der Waals surface area contributed by atoms with Crippen LogP contribution in [0.25, 0.3) is 0 Å². The van der Waals surface area contributed by atoms with E-state index in [9.17, 15) is 4.79 Å². The van der Waals surface area contributed by atoms with Crippen LogP contribution in [0, 0.1) is 0 Å². The van der Waals surface area contributed by atoms with Crippen molar-refractivity contribution in [2.75, 3.05) is 26.9 Å². The van der Waals surface area contributed by atoms with Crippen LogP contribution in [0.4, 0.5) is 0 Å². The van der Waals surface area contributed by atoms with Crippen molar-refractivity contribution < 1.29 is 14.0 Å². The smallest absolute Gasteiger partial charge is 0.246 e. The van der Waals surface area contributed by atoms with Gasteiger partial charge in [-0.15, -0.1) is 0 Å². The molecule has 0 aliphatic rings. The fraction of sp³-hybridized carbons (Fsp3) is 0.700. The van der Waals surface area contributed by atoms with Gasteiger partial charge in [-0.25, -0.2) is 0 Å². The van der Waals surface area contributed by atoms with Gasteiger partial charge in [0.05, 0.1) is 13.2 Å². The molecule has 0 bridgehead atoms. The molecule has 1 amide bonds. The lowest BCUT2D eigenvalue weighted by atomic mass is 10.3. The van der Waals surface area contributed by atoms with Crippen molar-refractivity contribution in [3.8, 4) is 0 Å². The van der Waals surface area contributed by atoms with E-state index < -0.39 is 9.76 Å². The summed E-state index contributed by atoms with van der Waals surface area (Å²) in [5.74, 6) is -0.0584. The Bertz CT molecular complexity index is 197. The van der Waals surface area contributed by atoms with Crippen LogP contribution in [-0.4, -0.2) is 42.5 Å². The van der Waals surface area contributed by atoms with Crippen LogP contribution >= 0.6 is 0 Å². The largest absolute Gasteiger partial charge is 0.422 e. The lowest BCUT2D eigenvalue weighted by Crippen LogP contribution is -2.24. The molecule has 0 unspecified atom stereocenters. The maximum Gasteiger partial charge on any atom is 0.246 e. The molecule has 0 rings (SSSR count). The van der Waals surface area contributed by atoms with Crippen molar-refractivity contribution in [3.63, 3.8) is 0 Å². The third kappa shape index (κ3) is 9.65. The summed E-state index contributed by atoms with van der Waals surface area (Å²) in [6.07, 6.45) is 0.984. The van der Waals surface area contributed by atoms with Crippen molar-refractivity contribution >= 4 is 15.7 Å². The monoisotopic (exact) mass is 231 g/mol. The van der Waals surface area contributed by atoms with Crippen molar-refractivity contribution in [3.05, 3.63) is 12.2 Å². The van der Waals surface area contributed by atoms with Crippen LogP contribution in [0.2, 0.25) is 6.04 Å². The molecule has 0 aliphatic heterocycles. The lowest BCUT2D eigenvalue weighted by molar-refractivity contribution is -0.117. The Labute approximate surface area is 94.0 Å². The van der Waals surface area contributed by atoms with Crippen molar-refractivity contribution in [2.24, 2.45) is 0 Å². The Morgan fingerprint density at radius 1 is 1.47 bits per heavy atom. The van der Waals surface area contributed by atoms with Crippen LogP contribution in [0.1, 0.15) is 13.3 Å². The Kier molecular flexibility index (Phi) is 9.45. The molecule has 5 heteroatoms. The first-order chi connectivity index (χ1) is 7.18. The van der Waals surface area contributed by atoms with Gasteiger partial charge in [-0.05, 0) is 19.4 Å². The zero-order valence-electron chi connectivity index (χ0n) is 9.67. The quantitative estimate of drug-likeness (QED) is 0.351. The standard InChI is InChI=1S/C10H21NO3Si/c1-9(2)10(12)11-5-4-8-15-14-7-6-13-3/h1,4-8,15H2,2-3H3,(H,11,12). The number of hydrogen-bond acceptors (Lipinski definition) is 3. The summed E-state index contributed by atoms with van der Waals surface area (Å²) in [4.78, 5) is 11.1. The van der Waals surface area contributed by atoms with Gasteiger partial charge in [0.1, 0.15) is 0 Å². The zero-order valence-corrected chi connectivity index (χ0v) is 11.1. The van der Waals surface area contributed by atoms with E-state index >= 15 is 0 Å². The molecule has 0 atom stereocenters. The molecule has 15 heavy (non-hydrogen) atoms. The highest BCUT2D eigenvalue weighted by Gasteiger charge is 1.99. The topological polar surface area (TPSA) is 47.6 Å². The molecule has 88 valence electrons. The van der Waals surface area contributed by atoms with Gasteiger partial charge in [0, 0.05) is 19.2 Å². The van der Waals surface area contributed by atoms with E-state index in [2.05, 4.69) is 11.9 Å². The molecule has 0 heterocycles. The molecule has 0 radical (unpaired) electrons. The Morgan fingerprint density at radius 3 is 2.80 bits per heavy atom. The molecule has 1 N–H and O–H groups in total. The summed E-state index contributed by atoms with van der Waals surface area (Å²) in [6.45, 7) is 7.34. The van der Waals surface area contributed by atoms with Crippen LogP contribution in [0.3, 0.4) is 0 Å². The lowest BCUT2D eigenvalue weighted by Gasteiger charge is -2.05. The van der Waals surface area contributed by atoms with Gasteiger partial charge in [0.2, 0.25) is 5.91 Å². The molecular formula is C10H21NO3Si. The number of rotatable bonds is 9. The van der Waals surface area contributed by atoms with Crippen molar-refractivity contribution in [1.29, 1.82) is 0 Å². The fourth-order valence-corrected chi connectivity index (χ4v) is 1.91. The molecule has 0 saturated carbocycles. The summed E-state index contributed by atoms with van der Waals surface area (Å²) in [7, 11) is 1.24. The summed E-state index contributed by atoms with van der Waals surface area (Å²) in [6, 6.07) is 1.08. The molecule has 0 aromatic heterocycles. The van der Waals surface area contributed by atoms with Gasteiger partial charge in [-0.3, -0.25) is 4.79 Å². The van der Waals surface area contributed by atoms with Crippen molar-refractivity contribution in [1.82, 2.24) is 5.32 Å². The number of ether oxygens (including phenoxy) is 1. The maximum absolute atomic E-state index is 11.1. The second-order valence-corrected chi connectivity index (χ2v) is 4.87. The highest BCUT2D eigenvalue weighted by atomic mass is 28.2. The Hall–Kier alpha value is -0.653. The zero-order chi connectivity index (χ0) is 11.5. The van der Waals surface area contributed by atoms with E-state index in [1.54, 1.807) is 14.0 Å². The van der Waals surface area contributed by atoms with E-state index in [1.807, 2.05) is 0 Å². The molecule has 0 fully saturated rings. The third-order valence-corrected chi connectivity index (χ3v) is 3.19. The van der Waals surface area contributed by atoms with Crippen LogP contribution in [0.15, 0.2) is 12.2 Å². The summed E-state index contributed by atoms with van der Waals surface area (Å²) >= 11 is 0. The van der Waals surface area contributed by atoms with Gasteiger partial charge in [0.25, 0.3) is 0 Å². The summed E-state index contributed by atoms with van der Waals surface area (Å²) in [5.41, 5.74) is 0.559. The van der Waals surface area contributed by atoms with Gasteiger partial charge in [-0.1, -0.05) is 6.58 Å². The predicted octanol–water partition coefficient (Wildman–Crippen LogP) is 0.234. The maximum atomic E-state index is 11.1. The molecule has 0 aromatic carbocycles. The first-order valence-corrected chi connectivity index (χ1v) is 6.76. The van der Waals surface area contributed by atoms with Gasteiger partial charge in [-0.2, -0.15) is 0 Å². The summed E-state index contributed by atoms with van der Waals surface area (Å²) in [5, 5.41) is 2.79. The summed E-state index contributed by atoms with van der Waals surface area (Å²) < 4.78 is 10.3. The molecule has 0 aromatic rings. The number of methoxy groups -OCH3 is 1. The van der Waals surface area contributed by atoms with Crippen LogP contribution in [0.5, 0.6) is 0 Å². The number of carbonyl (C=O) groups is 1. The minimum atomic E-state index is -0.427. The van der Waals surface area contributed by atoms with E-state index in [-0.39, 0.29) is 5.91 Å². The van der Waals surface area contributed by atoms with E-state index in [4.69, 9.17) is 9.16 Å². The van der Waals surface area contributed by atoms with E-state index in [0.29, 0.717) is 25.3 Å². The first-order valence-electron chi connectivity index (χ1n) is 5.19. The molecule has 0 saturated heterocycles. The normalized spacial score (nSPS) is 10.8. The average molecular weight is 231 g/mol. The fourth-order valence-electron chi connectivity index (χ4n) is 0.926. The first kappa shape index (κ1) is 14.3. The number of hydrogen-bond donors (Lipinski definition) is 1. The van der Waals surface area contributed by atoms with Gasteiger partial charge in [0.15, 0.2) is 9.76 Å². The minimum Gasteiger partial charge on any atom is -0.422 e. The van der Waals surface area contributed by atoms with Crippen LogP contribution < -0.4 is 5.32 Å². The van der Waals surface area contributed by atoms with E-state index in [0.717, 1.165) is 12.5 Å². The predicted molar refractivity (Wildman–Crippen MR) is 63.6 cm³/mol. The highest BCUT2D eigenvalue weighted by Crippen LogP contribution is 1.90. The Balaban J connectivity index is 3.11. The van der Waals surface area contributed by atoms with Crippen LogP contribution in [-0.2, 0) is 14.0 Å². The molecule has 0 aliphatic carbocycles. The molecule has 0 spiro atoms. The highest BCUT2D eigenvalue weighted by molar-refractivity contribution is 6.26. The Morgan fingerprint density at radius 2 is 2.20 bits per heavy atom. The SMILES string of the molecule is C=C(C)C(=O)NCCC[SiH2]OCCOC. The average Bonchev–Trinajstić information content (AvgIpc) is 2.21. The number of nitrogens with one attached hydrogen (secondary N) is 1. The van der Waals surface area contributed by atoms with Crippen molar-refractivity contribution in [2.45, 2.75) is 19.4 Å². The minimum absolute atomic E-state index is 0.0584.